The van der Waals surface area contributed by atoms with Gasteiger partial charge in [-0.15, -0.1) is 0 Å². The van der Waals surface area contributed by atoms with E-state index in [1.165, 1.54) is 0 Å². The van der Waals surface area contributed by atoms with Crippen LogP contribution in [0.4, 0.5) is 0 Å². The average Bonchev–Trinajstić information content (AvgIpc) is 2.30. The molecule has 0 radical (unpaired) electrons. The normalized spacial score (nSPS) is 25.2. The van der Waals surface area contributed by atoms with Crippen LogP contribution in [0, 0.1) is 0 Å². The van der Waals surface area contributed by atoms with Gasteiger partial charge in [-0.2, -0.15) is 0 Å². The molecule has 0 amide bonds. The third-order valence-corrected chi connectivity index (χ3v) is 2.72. The molecule has 0 aliphatic carbocycles. The molecule has 0 aromatic carbocycles. The maximum atomic E-state index is 12.0. The van der Waals surface area contributed by atoms with E-state index in [2.05, 4.69) is 0 Å². The van der Waals surface area contributed by atoms with E-state index in [4.69, 9.17) is 9.47 Å². The zero-order valence-electron chi connectivity index (χ0n) is 9.35. The van der Waals surface area contributed by atoms with Crippen LogP contribution in [0.3, 0.4) is 0 Å². The van der Waals surface area contributed by atoms with Crippen molar-refractivity contribution in [3.63, 3.8) is 0 Å². The smallest absolute Gasteiger partial charge is 0.829 e. The molecule has 2 rings (SSSR count). The van der Waals surface area contributed by atoms with Crippen molar-refractivity contribution < 1.29 is 33.4 Å². The van der Waals surface area contributed by atoms with E-state index >= 15 is 0 Å². The fourth-order valence-electron chi connectivity index (χ4n) is 1.83. The minimum Gasteiger partial charge on any atom is -0.829 e. The molecule has 0 bridgehead atoms. The van der Waals surface area contributed by atoms with Crippen LogP contribution in [0.2, 0.25) is 0 Å². The number of morpholine rings is 2. The number of ether oxygens (including phenoxy) is 2. The molecule has 0 saturated carbocycles. The molecule has 0 spiro atoms. The van der Waals surface area contributed by atoms with Crippen molar-refractivity contribution in [1.29, 1.82) is 0 Å². The Morgan fingerprint density at radius 1 is 0.800 bits per heavy atom. The van der Waals surface area contributed by atoms with Crippen LogP contribution in [0.25, 0.3) is 0 Å². The maximum Gasteiger partial charge on any atom is 1.00 e. The third kappa shape index (κ3) is 3.72. The number of hydrogen-bond acceptors (Lipinski definition) is 5. The summed E-state index contributed by atoms with van der Waals surface area (Å²) in [4.78, 5) is 3.88. The zero-order valence-corrected chi connectivity index (χ0v) is 9.35. The summed E-state index contributed by atoms with van der Waals surface area (Å²) in [5.74, 6) is 0. The van der Waals surface area contributed by atoms with Crippen molar-refractivity contribution in [1.82, 2.24) is 9.80 Å². The first-order valence-corrected chi connectivity index (χ1v) is 5.17. The van der Waals surface area contributed by atoms with E-state index in [9.17, 15) is 5.11 Å². The second kappa shape index (κ2) is 6.87. The SMILES string of the molecule is [Li+].[O-]C(N1CCOCC1)N1CCOCC1. The molecule has 5 nitrogen and oxygen atoms in total. The molecule has 15 heavy (non-hydrogen) atoms. The molecule has 0 N–H and O–H groups in total. The van der Waals surface area contributed by atoms with Gasteiger partial charge in [0, 0.05) is 26.2 Å². The number of nitrogens with zero attached hydrogens (tertiary/aromatic N) is 2. The Hall–Kier alpha value is 0.397. The Kier molecular flexibility index (Phi) is 6.16. The molecule has 0 aromatic rings. The van der Waals surface area contributed by atoms with E-state index < -0.39 is 6.35 Å². The quantitative estimate of drug-likeness (QED) is 0.427. The van der Waals surface area contributed by atoms with Crippen molar-refractivity contribution in [2.75, 3.05) is 52.6 Å². The number of rotatable bonds is 2. The van der Waals surface area contributed by atoms with Gasteiger partial charge in [0.05, 0.1) is 26.4 Å². The second-order valence-electron chi connectivity index (χ2n) is 3.62. The van der Waals surface area contributed by atoms with Crippen LogP contribution < -0.4 is 24.0 Å². The Labute approximate surface area is 102 Å². The molecule has 0 atom stereocenters. The van der Waals surface area contributed by atoms with Crippen LogP contribution >= 0.6 is 0 Å². The first-order valence-electron chi connectivity index (χ1n) is 5.17. The topological polar surface area (TPSA) is 48.0 Å². The second-order valence-corrected chi connectivity index (χ2v) is 3.62. The minimum absolute atomic E-state index is 0. The van der Waals surface area contributed by atoms with Crippen LogP contribution in [-0.4, -0.2) is 68.8 Å². The van der Waals surface area contributed by atoms with E-state index in [-0.39, 0.29) is 18.9 Å². The average molecular weight is 208 g/mol. The molecular weight excluding hydrogens is 191 g/mol. The molecule has 82 valence electrons. The molecule has 2 saturated heterocycles. The van der Waals surface area contributed by atoms with Crippen LogP contribution in [0.1, 0.15) is 0 Å². The molecular formula is C9H17LiN2O3. The van der Waals surface area contributed by atoms with Crippen LogP contribution in [0.15, 0.2) is 0 Å². The van der Waals surface area contributed by atoms with Gasteiger partial charge in [-0.25, -0.2) is 0 Å². The summed E-state index contributed by atoms with van der Waals surface area (Å²) >= 11 is 0. The van der Waals surface area contributed by atoms with Crippen molar-refractivity contribution in [3.8, 4) is 0 Å². The van der Waals surface area contributed by atoms with Crippen molar-refractivity contribution in [3.05, 3.63) is 0 Å². The predicted molar refractivity (Wildman–Crippen MR) is 48.6 cm³/mol. The van der Waals surface area contributed by atoms with E-state index in [0.717, 1.165) is 26.2 Å². The summed E-state index contributed by atoms with van der Waals surface area (Å²) in [7, 11) is 0. The first-order chi connectivity index (χ1) is 6.88. The van der Waals surface area contributed by atoms with Crippen molar-refractivity contribution >= 4 is 0 Å². The summed E-state index contributed by atoms with van der Waals surface area (Å²) in [6.07, 6.45) is -0.706. The maximum absolute atomic E-state index is 12.0. The Bertz CT molecular complexity index is 155. The summed E-state index contributed by atoms with van der Waals surface area (Å²) in [6, 6.07) is 0. The van der Waals surface area contributed by atoms with Gasteiger partial charge >= 0.3 is 18.9 Å². The first kappa shape index (κ1) is 13.5. The van der Waals surface area contributed by atoms with Crippen LogP contribution in [-0.2, 0) is 9.47 Å². The number of hydrogen-bond donors (Lipinski definition) is 0. The summed E-state index contributed by atoms with van der Waals surface area (Å²) in [5.41, 5.74) is 0. The predicted octanol–water partition coefficient (Wildman–Crippen LogP) is -4.70. The third-order valence-electron chi connectivity index (χ3n) is 2.72. The fourth-order valence-corrected chi connectivity index (χ4v) is 1.83. The van der Waals surface area contributed by atoms with Gasteiger partial charge in [-0.1, -0.05) is 0 Å². The van der Waals surface area contributed by atoms with Gasteiger partial charge < -0.3 is 14.6 Å². The Balaban J connectivity index is 0.00000112. The molecule has 2 heterocycles. The van der Waals surface area contributed by atoms with Gasteiger partial charge in [0.15, 0.2) is 0 Å². The van der Waals surface area contributed by atoms with E-state index in [1.807, 2.05) is 9.80 Å². The van der Waals surface area contributed by atoms with Gasteiger partial charge in [-0.3, -0.25) is 9.80 Å². The summed E-state index contributed by atoms with van der Waals surface area (Å²) in [5, 5.41) is 12.0. The largest absolute Gasteiger partial charge is 1.00 e. The molecule has 6 heteroatoms. The molecule has 0 unspecified atom stereocenters. The summed E-state index contributed by atoms with van der Waals surface area (Å²) < 4.78 is 10.4. The standard InChI is InChI=1S/C9H17N2O3.Li/c12-9(10-1-5-13-6-2-10)11-3-7-14-8-4-11;/h9H,1-8H2;/q-1;+1. The van der Waals surface area contributed by atoms with Crippen molar-refractivity contribution in [2.24, 2.45) is 0 Å². The van der Waals surface area contributed by atoms with E-state index in [0.29, 0.717) is 26.4 Å². The Morgan fingerprint density at radius 3 is 1.47 bits per heavy atom. The Morgan fingerprint density at radius 2 is 1.13 bits per heavy atom. The van der Waals surface area contributed by atoms with Gasteiger partial charge in [0.1, 0.15) is 0 Å². The monoisotopic (exact) mass is 208 g/mol. The van der Waals surface area contributed by atoms with Crippen LogP contribution in [0.5, 0.6) is 0 Å². The van der Waals surface area contributed by atoms with Gasteiger partial charge in [0.2, 0.25) is 0 Å². The minimum atomic E-state index is -0.706. The molecule has 2 fully saturated rings. The fraction of sp³-hybridized carbons (Fsp3) is 1.00. The molecule has 0 aromatic heterocycles. The zero-order chi connectivity index (χ0) is 9.80. The summed E-state index contributed by atoms with van der Waals surface area (Å²) in [6.45, 7) is 5.76. The molecule has 2 aliphatic heterocycles. The van der Waals surface area contributed by atoms with E-state index in [1.54, 1.807) is 0 Å². The van der Waals surface area contributed by atoms with Gasteiger partial charge in [-0.05, 0) is 6.35 Å². The van der Waals surface area contributed by atoms with Gasteiger partial charge in [0.25, 0.3) is 0 Å². The molecule has 2 aliphatic rings. The van der Waals surface area contributed by atoms with Crippen molar-refractivity contribution in [2.45, 2.75) is 6.35 Å².